The molecule has 0 radical (unpaired) electrons. The Hall–Kier alpha value is -1.53. The van der Waals surface area contributed by atoms with E-state index in [1.807, 2.05) is 25.1 Å². The summed E-state index contributed by atoms with van der Waals surface area (Å²) < 4.78 is 5.98. The third-order valence-electron chi connectivity index (χ3n) is 1.75. The van der Waals surface area contributed by atoms with E-state index in [0.29, 0.717) is 5.19 Å². The number of terminal acetylenes is 1. The average molecular weight is 189 g/mol. The summed E-state index contributed by atoms with van der Waals surface area (Å²) in [5.41, 5.74) is 2.11. The van der Waals surface area contributed by atoms with Crippen LogP contribution in [0.3, 0.4) is 0 Å². The van der Waals surface area contributed by atoms with E-state index in [2.05, 4.69) is 11.1 Å². The number of fused-ring (bicyclic) bond motifs is 1. The fourth-order valence-corrected chi connectivity index (χ4v) is 2.02. The average Bonchev–Trinajstić information content (AvgIpc) is 2.49. The molecule has 2 aromatic rings. The molecule has 0 N–H and O–H groups in total. The summed E-state index contributed by atoms with van der Waals surface area (Å²) in [5, 5.41) is 0.534. The molecule has 2 nitrogen and oxygen atoms in total. The van der Waals surface area contributed by atoms with Crippen molar-refractivity contribution < 1.29 is 4.74 Å². The Morgan fingerprint density at radius 3 is 3.08 bits per heavy atom. The number of nitrogens with zero attached hydrogens (tertiary/aromatic N) is 1. The van der Waals surface area contributed by atoms with Gasteiger partial charge in [0.05, 0.1) is 10.2 Å². The van der Waals surface area contributed by atoms with Crippen molar-refractivity contribution in [2.24, 2.45) is 0 Å². The summed E-state index contributed by atoms with van der Waals surface area (Å²) in [4.78, 5) is 4.26. The maximum absolute atomic E-state index is 5.01. The smallest absolute Gasteiger partial charge is 0.289 e. The van der Waals surface area contributed by atoms with E-state index in [1.54, 1.807) is 0 Å². The summed E-state index contributed by atoms with van der Waals surface area (Å²) in [5.74, 6) is 0. The Balaban J connectivity index is 2.63. The third-order valence-corrected chi connectivity index (χ3v) is 2.65. The van der Waals surface area contributed by atoms with Gasteiger partial charge in [0.25, 0.3) is 5.19 Å². The molecule has 0 atom stereocenters. The molecule has 0 unspecified atom stereocenters. The minimum absolute atomic E-state index is 0.534. The monoisotopic (exact) mass is 189 g/mol. The van der Waals surface area contributed by atoms with Gasteiger partial charge < -0.3 is 4.74 Å². The number of aromatic nitrogens is 1. The molecule has 64 valence electrons. The third kappa shape index (κ3) is 1.36. The van der Waals surface area contributed by atoms with Crippen LogP contribution in [0.5, 0.6) is 5.19 Å². The van der Waals surface area contributed by atoms with E-state index >= 15 is 0 Å². The number of rotatable bonds is 1. The van der Waals surface area contributed by atoms with Crippen LogP contribution in [0.2, 0.25) is 0 Å². The Labute approximate surface area is 80.2 Å². The van der Waals surface area contributed by atoms with E-state index in [9.17, 15) is 0 Å². The van der Waals surface area contributed by atoms with Gasteiger partial charge in [0.15, 0.2) is 0 Å². The molecule has 1 aromatic heterocycles. The quantitative estimate of drug-likeness (QED) is 0.643. The molecule has 3 heteroatoms. The number of aryl methyl sites for hydroxylation is 1. The largest absolute Gasteiger partial charge is 0.378 e. The van der Waals surface area contributed by atoms with Crippen molar-refractivity contribution >= 4 is 21.6 Å². The molecule has 1 heterocycles. The Bertz CT molecular complexity index is 481. The van der Waals surface area contributed by atoms with Gasteiger partial charge >= 0.3 is 0 Å². The van der Waals surface area contributed by atoms with Gasteiger partial charge in [0.1, 0.15) is 6.11 Å². The molecule has 0 aliphatic carbocycles. The highest BCUT2D eigenvalue weighted by molar-refractivity contribution is 7.20. The number of thiazole rings is 1. The first kappa shape index (κ1) is 8.09. The second kappa shape index (κ2) is 3.08. The SMILES string of the molecule is C#COc1nc2c(C)cccc2s1. The topological polar surface area (TPSA) is 22.1 Å². The molecule has 0 fully saturated rings. The molecule has 13 heavy (non-hydrogen) atoms. The Morgan fingerprint density at radius 2 is 2.38 bits per heavy atom. The van der Waals surface area contributed by atoms with Crippen LogP contribution in [-0.4, -0.2) is 4.98 Å². The van der Waals surface area contributed by atoms with Crippen LogP contribution in [0.1, 0.15) is 5.56 Å². The fourth-order valence-electron chi connectivity index (χ4n) is 1.16. The van der Waals surface area contributed by atoms with Crippen LogP contribution in [0.4, 0.5) is 0 Å². The van der Waals surface area contributed by atoms with E-state index in [-0.39, 0.29) is 0 Å². The van der Waals surface area contributed by atoms with Crippen LogP contribution >= 0.6 is 11.3 Å². The van der Waals surface area contributed by atoms with Gasteiger partial charge in [-0.05, 0) is 18.6 Å². The van der Waals surface area contributed by atoms with Crippen molar-refractivity contribution in [3.05, 3.63) is 23.8 Å². The number of para-hydroxylation sites is 1. The van der Waals surface area contributed by atoms with Crippen molar-refractivity contribution in [2.75, 3.05) is 0 Å². The van der Waals surface area contributed by atoms with Crippen molar-refractivity contribution in [1.82, 2.24) is 4.98 Å². The van der Waals surface area contributed by atoms with Gasteiger partial charge in [-0.15, -0.1) is 0 Å². The second-order valence-electron chi connectivity index (χ2n) is 2.62. The predicted octanol–water partition coefficient (Wildman–Crippen LogP) is 2.57. The number of hydrogen-bond donors (Lipinski definition) is 0. The van der Waals surface area contributed by atoms with Gasteiger partial charge in [-0.3, -0.25) is 0 Å². The first-order valence-electron chi connectivity index (χ1n) is 3.80. The molecule has 0 saturated carbocycles. The lowest BCUT2D eigenvalue weighted by Gasteiger charge is -1.90. The van der Waals surface area contributed by atoms with Gasteiger partial charge in [-0.2, -0.15) is 0 Å². The molecule has 0 spiro atoms. The lowest BCUT2D eigenvalue weighted by Crippen LogP contribution is -1.79. The highest BCUT2D eigenvalue weighted by Gasteiger charge is 2.05. The molecule has 2 rings (SSSR count). The Morgan fingerprint density at radius 1 is 1.54 bits per heavy atom. The molecule has 0 aliphatic heterocycles. The van der Waals surface area contributed by atoms with Crippen LogP contribution in [-0.2, 0) is 0 Å². The van der Waals surface area contributed by atoms with Crippen LogP contribution in [0.15, 0.2) is 18.2 Å². The minimum atomic E-state index is 0.534. The van der Waals surface area contributed by atoms with Crippen molar-refractivity contribution in [3.8, 4) is 17.7 Å². The first-order chi connectivity index (χ1) is 6.31. The standard InChI is InChI=1S/C10H7NOS/c1-3-12-10-11-9-7(2)5-4-6-8(9)13-10/h1,4-6H,2H3. The second-order valence-corrected chi connectivity index (χ2v) is 3.61. The zero-order chi connectivity index (χ0) is 9.26. The van der Waals surface area contributed by atoms with E-state index < -0.39 is 0 Å². The van der Waals surface area contributed by atoms with E-state index in [4.69, 9.17) is 11.2 Å². The highest BCUT2D eigenvalue weighted by Crippen LogP contribution is 2.29. The maximum Gasteiger partial charge on any atom is 0.289 e. The summed E-state index contributed by atoms with van der Waals surface area (Å²) in [6.07, 6.45) is 7.13. The molecular formula is C10H7NOS. The van der Waals surface area contributed by atoms with Gasteiger partial charge in [0, 0.05) is 0 Å². The highest BCUT2D eigenvalue weighted by atomic mass is 32.1. The normalized spacial score (nSPS) is 9.85. The summed E-state index contributed by atoms with van der Waals surface area (Å²) in [6.45, 7) is 2.02. The Kier molecular flexibility index (Phi) is 1.91. The zero-order valence-corrected chi connectivity index (χ0v) is 7.89. The summed E-state index contributed by atoms with van der Waals surface area (Å²) in [7, 11) is 0. The number of ether oxygens (including phenoxy) is 1. The molecule has 0 saturated heterocycles. The molecule has 0 amide bonds. The first-order valence-corrected chi connectivity index (χ1v) is 4.61. The fraction of sp³-hybridized carbons (Fsp3) is 0.100. The lowest BCUT2D eigenvalue weighted by atomic mass is 10.2. The van der Waals surface area contributed by atoms with Gasteiger partial charge in [-0.1, -0.05) is 29.9 Å². The van der Waals surface area contributed by atoms with Gasteiger partial charge in [0.2, 0.25) is 0 Å². The lowest BCUT2D eigenvalue weighted by molar-refractivity contribution is 0.517. The summed E-state index contributed by atoms with van der Waals surface area (Å²) in [6, 6.07) is 6.01. The minimum Gasteiger partial charge on any atom is -0.378 e. The molecule has 0 aliphatic rings. The maximum atomic E-state index is 5.01. The van der Waals surface area contributed by atoms with Crippen molar-refractivity contribution in [2.45, 2.75) is 6.92 Å². The van der Waals surface area contributed by atoms with E-state index in [1.165, 1.54) is 11.3 Å². The van der Waals surface area contributed by atoms with Crippen LogP contribution < -0.4 is 4.74 Å². The van der Waals surface area contributed by atoms with Crippen molar-refractivity contribution in [1.29, 1.82) is 0 Å². The summed E-state index contributed by atoms with van der Waals surface area (Å²) >= 11 is 1.46. The molecule has 0 bridgehead atoms. The van der Waals surface area contributed by atoms with Crippen LogP contribution in [0, 0.1) is 19.5 Å². The molecule has 1 aromatic carbocycles. The number of hydrogen-bond acceptors (Lipinski definition) is 3. The van der Waals surface area contributed by atoms with Gasteiger partial charge in [-0.25, -0.2) is 4.98 Å². The van der Waals surface area contributed by atoms with Crippen molar-refractivity contribution in [3.63, 3.8) is 0 Å². The molecular weight excluding hydrogens is 182 g/mol. The van der Waals surface area contributed by atoms with Crippen LogP contribution in [0.25, 0.3) is 10.2 Å². The van der Waals surface area contributed by atoms with E-state index in [0.717, 1.165) is 15.8 Å². The zero-order valence-electron chi connectivity index (χ0n) is 7.07. The number of benzene rings is 1. The predicted molar refractivity (Wildman–Crippen MR) is 53.8 cm³/mol.